The van der Waals surface area contributed by atoms with Crippen LogP contribution in [0, 0.1) is 3.57 Å². The van der Waals surface area contributed by atoms with E-state index in [4.69, 9.17) is 5.73 Å². The summed E-state index contributed by atoms with van der Waals surface area (Å²) >= 11 is 2.34. The third kappa shape index (κ3) is 3.34. The summed E-state index contributed by atoms with van der Waals surface area (Å²) in [5.74, 6) is 0. The van der Waals surface area contributed by atoms with Crippen LogP contribution in [0.2, 0.25) is 0 Å². The molecule has 3 N–H and O–H groups in total. The Morgan fingerprint density at radius 1 is 1.20 bits per heavy atom. The van der Waals surface area contributed by atoms with Crippen molar-refractivity contribution < 1.29 is 0 Å². The molecular formula is C12H17IN2. The highest BCUT2D eigenvalue weighted by Gasteiger charge is 2.17. The van der Waals surface area contributed by atoms with E-state index in [0.717, 1.165) is 12.8 Å². The van der Waals surface area contributed by atoms with Crippen LogP contribution in [-0.4, -0.2) is 12.1 Å². The summed E-state index contributed by atoms with van der Waals surface area (Å²) in [5.41, 5.74) is 7.12. The molecule has 1 aliphatic carbocycles. The normalized spacial score (nSPS) is 26.3. The Morgan fingerprint density at radius 3 is 2.60 bits per heavy atom. The first-order chi connectivity index (χ1) is 7.24. The lowest BCUT2D eigenvalue weighted by Crippen LogP contribution is -2.32. The average molecular weight is 316 g/mol. The summed E-state index contributed by atoms with van der Waals surface area (Å²) in [4.78, 5) is 0. The predicted molar refractivity (Wildman–Crippen MR) is 73.0 cm³/mol. The first-order valence-electron chi connectivity index (χ1n) is 5.52. The Kier molecular flexibility index (Phi) is 3.86. The van der Waals surface area contributed by atoms with Crippen molar-refractivity contribution in [1.29, 1.82) is 0 Å². The molecule has 0 unspecified atom stereocenters. The van der Waals surface area contributed by atoms with E-state index in [2.05, 4.69) is 52.2 Å². The van der Waals surface area contributed by atoms with E-state index in [1.807, 2.05) is 0 Å². The monoisotopic (exact) mass is 316 g/mol. The predicted octanol–water partition coefficient (Wildman–Crippen LogP) is 2.97. The van der Waals surface area contributed by atoms with E-state index < -0.39 is 0 Å². The Morgan fingerprint density at radius 2 is 1.93 bits per heavy atom. The van der Waals surface area contributed by atoms with Crippen LogP contribution in [0.4, 0.5) is 5.69 Å². The Bertz CT molecular complexity index is 319. The molecule has 15 heavy (non-hydrogen) atoms. The first kappa shape index (κ1) is 11.2. The number of hydrogen-bond acceptors (Lipinski definition) is 2. The maximum Gasteiger partial charge on any atom is 0.0352 e. The zero-order valence-electron chi connectivity index (χ0n) is 8.75. The van der Waals surface area contributed by atoms with Crippen molar-refractivity contribution in [2.75, 3.05) is 5.32 Å². The molecule has 0 radical (unpaired) electrons. The largest absolute Gasteiger partial charge is 0.382 e. The molecule has 0 bridgehead atoms. The molecule has 0 saturated heterocycles. The van der Waals surface area contributed by atoms with Crippen LogP contribution >= 0.6 is 22.6 Å². The van der Waals surface area contributed by atoms with Gasteiger partial charge < -0.3 is 11.1 Å². The molecule has 1 aromatic carbocycles. The molecule has 0 aromatic heterocycles. The molecule has 82 valence electrons. The van der Waals surface area contributed by atoms with Crippen LogP contribution in [0.1, 0.15) is 25.7 Å². The minimum Gasteiger partial charge on any atom is -0.382 e. The summed E-state index contributed by atoms with van der Waals surface area (Å²) < 4.78 is 1.28. The fourth-order valence-corrected chi connectivity index (χ4v) is 2.62. The van der Waals surface area contributed by atoms with E-state index in [1.165, 1.54) is 22.1 Å². The topological polar surface area (TPSA) is 38.0 Å². The fourth-order valence-electron chi connectivity index (χ4n) is 2.08. The number of nitrogens with one attached hydrogen (secondary N) is 1. The smallest absolute Gasteiger partial charge is 0.0352 e. The Balaban J connectivity index is 1.92. The van der Waals surface area contributed by atoms with Crippen LogP contribution in [0.5, 0.6) is 0 Å². The van der Waals surface area contributed by atoms with Gasteiger partial charge in [-0.05, 0) is 66.5 Å². The second kappa shape index (κ2) is 5.16. The van der Waals surface area contributed by atoms with Crippen LogP contribution in [0.3, 0.4) is 0 Å². The van der Waals surface area contributed by atoms with Gasteiger partial charge in [0.1, 0.15) is 0 Å². The number of benzene rings is 1. The highest BCUT2D eigenvalue weighted by atomic mass is 127. The third-order valence-corrected chi connectivity index (χ3v) is 3.64. The summed E-state index contributed by atoms with van der Waals surface area (Å²) in [5, 5.41) is 3.58. The first-order valence-corrected chi connectivity index (χ1v) is 6.59. The zero-order chi connectivity index (χ0) is 10.7. The van der Waals surface area contributed by atoms with E-state index in [9.17, 15) is 0 Å². The molecular weight excluding hydrogens is 299 g/mol. The van der Waals surface area contributed by atoms with Gasteiger partial charge in [0.15, 0.2) is 0 Å². The standard InChI is InChI=1S/C12H17IN2/c13-9-2-1-3-12(8-9)15-11-6-4-10(14)5-7-11/h1-3,8,10-11,15H,4-7,14H2. The van der Waals surface area contributed by atoms with Crippen molar-refractivity contribution in [3.63, 3.8) is 0 Å². The molecule has 0 spiro atoms. The lowest BCUT2D eigenvalue weighted by atomic mass is 9.92. The molecule has 1 aliphatic rings. The number of anilines is 1. The number of rotatable bonds is 2. The molecule has 2 nitrogen and oxygen atoms in total. The quantitative estimate of drug-likeness (QED) is 0.823. The second-order valence-corrected chi connectivity index (χ2v) is 5.51. The van der Waals surface area contributed by atoms with Crippen molar-refractivity contribution in [2.24, 2.45) is 5.73 Å². The Labute approximate surface area is 105 Å². The molecule has 2 rings (SSSR count). The highest BCUT2D eigenvalue weighted by Crippen LogP contribution is 2.22. The summed E-state index contributed by atoms with van der Waals surface area (Å²) in [7, 11) is 0. The van der Waals surface area contributed by atoms with Gasteiger partial charge in [0.2, 0.25) is 0 Å². The third-order valence-electron chi connectivity index (χ3n) is 2.97. The van der Waals surface area contributed by atoms with Gasteiger partial charge in [-0.25, -0.2) is 0 Å². The summed E-state index contributed by atoms with van der Waals surface area (Å²) in [6, 6.07) is 9.58. The van der Waals surface area contributed by atoms with Gasteiger partial charge in [-0.3, -0.25) is 0 Å². The van der Waals surface area contributed by atoms with E-state index >= 15 is 0 Å². The van der Waals surface area contributed by atoms with Gasteiger partial charge in [-0.1, -0.05) is 6.07 Å². The minimum atomic E-state index is 0.430. The number of hydrogen-bond donors (Lipinski definition) is 2. The van der Waals surface area contributed by atoms with Crippen LogP contribution in [0.25, 0.3) is 0 Å². The maximum atomic E-state index is 5.89. The summed E-state index contributed by atoms with van der Waals surface area (Å²) in [6.45, 7) is 0. The zero-order valence-corrected chi connectivity index (χ0v) is 10.9. The molecule has 0 amide bonds. The van der Waals surface area contributed by atoms with Crippen molar-refractivity contribution in [3.05, 3.63) is 27.8 Å². The minimum absolute atomic E-state index is 0.430. The molecule has 0 aliphatic heterocycles. The number of halogens is 1. The van der Waals surface area contributed by atoms with Crippen molar-refractivity contribution >= 4 is 28.3 Å². The van der Waals surface area contributed by atoms with Crippen LogP contribution < -0.4 is 11.1 Å². The molecule has 1 saturated carbocycles. The molecule has 3 heteroatoms. The Hall–Kier alpha value is -0.290. The molecule has 1 aromatic rings. The van der Waals surface area contributed by atoms with Gasteiger partial charge in [0, 0.05) is 21.3 Å². The van der Waals surface area contributed by atoms with E-state index in [-0.39, 0.29) is 0 Å². The fraction of sp³-hybridized carbons (Fsp3) is 0.500. The molecule has 0 heterocycles. The highest BCUT2D eigenvalue weighted by molar-refractivity contribution is 14.1. The van der Waals surface area contributed by atoms with Crippen LogP contribution in [0.15, 0.2) is 24.3 Å². The van der Waals surface area contributed by atoms with E-state index in [1.54, 1.807) is 0 Å². The summed E-state index contributed by atoms with van der Waals surface area (Å²) in [6.07, 6.45) is 4.71. The van der Waals surface area contributed by atoms with Gasteiger partial charge >= 0.3 is 0 Å². The van der Waals surface area contributed by atoms with Gasteiger partial charge in [0.25, 0.3) is 0 Å². The molecule has 1 fully saturated rings. The van der Waals surface area contributed by atoms with Crippen molar-refractivity contribution in [2.45, 2.75) is 37.8 Å². The lowest BCUT2D eigenvalue weighted by molar-refractivity contribution is 0.411. The van der Waals surface area contributed by atoms with Gasteiger partial charge in [-0.15, -0.1) is 0 Å². The van der Waals surface area contributed by atoms with Crippen molar-refractivity contribution in [3.8, 4) is 0 Å². The molecule has 0 atom stereocenters. The van der Waals surface area contributed by atoms with Crippen LogP contribution in [-0.2, 0) is 0 Å². The van der Waals surface area contributed by atoms with Gasteiger partial charge in [0.05, 0.1) is 0 Å². The van der Waals surface area contributed by atoms with Crippen molar-refractivity contribution in [1.82, 2.24) is 0 Å². The van der Waals surface area contributed by atoms with E-state index in [0.29, 0.717) is 12.1 Å². The van der Waals surface area contributed by atoms with Gasteiger partial charge in [-0.2, -0.15) is 0 Å². The SMILES string of the molecule is NC1CCC(Nc2cccc(I)c2)CC1. The average Bonchev–Trinajstić information content (AvgIpc) is 2.22. The number of nitrogens with two attached hydrogens (primary N) is 1. The second-order valence-electron chi connectivity index (χ2n) is 4.27. The maximum absolute atomic E-state index is 5.89. The lowest BCUT2D eigenvalue weighted by Gasteiger charge is -2.27.